The fourth-order valence-electron chi connectivity index (χ4n) is 1.86. The van der Waals surface area contributed by atoms with Crippen molar-refractivity contribution in [2.75, 3.05) is 11.4 Å². The van der Waals surface area contributed by atoms with Crippen LogP contribution in [0, 0.1) is 0 Å². The summed E-state index contributed by atoms with van der Waals surface area (Å²) in [5, 5.41) is 0.465. The molecule has 2 N–H and O–H groups in total. The normalized spacial score (nSPS) is 16.1. The van der Waals surface area contributed by atoms with Crippen molar-refractivity contribution in [2.24, 2.45) is 5.73 Å². The Hall–Kier alpha value is -0.820. The van der Waals surface area contributed by atoms with E-state index in [0.29, 0.717) is 18.1 Å². The van der Waals surface area contributed by atoms with Crippen molar-refractivity contribution < 1.29 is 13.2 Å². The molecule has 1 aliphatic rings. The fourth-order valence-corrected chi connectivity index (χ4v) is 2.96. The molecule has 2 rings (SSSR count). The Morgan fingerprint density at radius 3 is 2.50 bits per heavy atom. The van der Waals surface area contributed by atoms with Gasteiger partial charge in [-0.2, -0.15) is 13.2 Å². The van der Waals surface area contributed by atoms with Crippen LogP contribution in [0.4, 0.5) is 18.3 Å². The third kappa shape index (κ3) is 3.14. The highest BCUT2D eigenvalue weighted by Gasteiger charge is 2.39. The molecule has 18 heavy (non-hydrogen) atoms. The maximum Gasteiger partial charge on any atom is 0.406 e. The minimum atomic E-state index is -4.19. The summed E-state index contributed by atoms with van der Waals surface area (Å²) in [7, 11) is 0. The molecule has 0 radical (unpaired) electrons. The Morgan fingerprint density at radius 2 is 2.11 bits per heavy atom. The highest BCUT2D eigenvalue weighted by molar-refractivity contribution is 7.15. The summed E-state index contributed by atoms with van der Waals surface area (Å²) in [5.41, 5.74) is 6.41. The van der Waals surface area contributed by atoms with Gasteiger partial charge in [0.25, 0.3) is 0 Å². The van der Waals surface area contributed by atoms with Crippen LogP contribution in [-0.4, -0.2) is 23.7 Å². The first-order valence-electron chi connectivity index (χ1n) is 5.96. The molecular weight excluding hydrogens is 263 g/mol. The van der Waals surface area contributed by atoms with Crippen LogP contribution in [-0.2, 0) is 13.0 Å². The molecule has 1 saturated carbocycles. The van der Waals surface area contributed by atoms with E-state index in [1.165, 1.54) is 16.2 Å². The van der Waals surface area contributed by atoms with Crippen LogP contribution >= 0.6 is 11.3 Å². The molecule has 0 saturated heterocycles. The average Bonchev–Trinajstić information content (AvgIpc) is 3.04. The van der Waals surface area contributed by atoms with Gasteiger partial charge in [-0.25, -0.2) is 4.98 Å². The number of anilines is 1. The van der Waals surface area contributed by atoms with Crippen molar-refractivity contribution in [3.8, 4) is 0 Å². The summed E-state index contributed by atoms with van der Waals surface area (Å²) >= 11 is 1.29. The van der Waals surface area contributed by atoms with Crippen LogP contribution in [0.1, 0.15) is 30.3 Å². The Bertz CT molecular complexity index is 391. The zero-order valence-electron chi connectivity index (χ0n) is 10.1. The summed E-state index contributed by atoms with van der Waals surface area (Å²) in [5.74, 6) is 0. The highest BCUT2D eigenvalue weighted by Crippen LogP contribution is 2.37. The standard InChI is InChI=1S/C11H16F3N3S/c1-2-8-9(5-15)18-10(16-8)17(7-3-4-7)6-11(12,13)14/h7H,2-6,15H2,1H3. The lowest BCUT2D eigenvalue weighted by Gasteiger charge is -2.22. The summed E-state index contributed by atoms with van der Waals surface area (Å²) in [6, 6.07) is -0.00638. The minimum absolute atomic E-state index is 0.00638. The van der Waals surface area contributed by atoms with Gasteiger partial charge in [-0.15, -0.1) is 11.3 Å². The smallest absolute Gasteiger partial charge is 0.336 e. The van der Waals surface area contributed by atoms with Gasteiger partial charge in [0.2, 0.25) is 0 Å². The third-order valence-electron chi connectivity index (χ3n) is 2.87. The summed E-state index contributed by atoms with van der Waals surface area (Å²) in [6.07, 6.45) is -1.86. The van der Waals surface area contributed by atoms with Crippen LogP contribution in [0.25, 0.3) is 0 Å². The molecule has 1 aromatic rings. The van der Waals surface area contributed by atoms with Crippen LogP contribution in [0.5, 0.6) is 0 Å². The van der Waals surface area contributed by atoms with Gasteiger partial charge < -0.3 is 10.6 Å². The van der Waals surface area contributed by atoms with Gasteiger partial charge >= 0.3 is 6.18 Å². The Balaban J connectivity index is 2.22. The molecule has 0 amide bonds. The van der Waals surface area contributed by atoms with Crippen molar-refractivity contribution in [2.45, 2.75) is 44.9 Å². The van der Waals surface area contributed by atoms with Crippen LogP contribution in [0.2, 0.25) is 0 Å². The molecule has 0 aromatic carbocycles. The third-order valence-corrected chi connectivity index (χ3v) is 4.03. The largest absolute Gasteiger partial charge is 0.406 e. The maximum atomic E-state index is 12.6. The first-order valence-corrected chi connectivity index (χ1v) is 6.78. The van der Waals surface area contributed by atoms with Gasteiger partial charge in [0.05, 0.1) is 5.69 Å². The monoisotopic (exact) mass is 279 g/mol. The van der Waals surface area contributed by atoms with Gasteiger partial charge in [-0.3, -0.25) is 0 Å². The number of halogens is 3. The molecule has 1 fully saturated rings. The van der Waals surface area contributed by atoms with Crippen LogP contribution in [0.3, 0.4) is 0 Å². The van der Waals surface area contributed by atoms with E-state index in [4.69, 9.17) is 5.73 Å². The van der Waals surface area contributed by atoms with E-state index in [1.807, 2.05) is 6.92 Å². The summed E-state index contributed by atoms with van der Waals surface area (Å²) in [4.78, 5) is 6.58. The molecular formula is C11H16F3N3S. The van der Waals surface area contributed by atoms with E-state index in [1.54, 1.807) is 0 Å². The fraction of sp³-hybridized carbons (Fsp3) is 0.727. The van der Waals surface area contributed by atoms with Crippen molar-refractivity contribution in [1.29, 1.82) is 0 Å². The molecule has 0 aliphatic heterocycles. The Labute approximate surface area is 108 Å². The van der Waals surface area contributed by atoms with E-state index in [2.05, 4.69) is 4.98 Å². The maximum absolute atomic E-state index is 12.6. The Kier molecular flexibility index (Phi) is 3.82. The highest BCUT2D eigenvalue weighted by atomic mass is 32.1. The van der Waals surface area contributed by atoms with Gasteiger partial charge in [-0.1, -0.05) is 6.92 Å². The van der Waals surface area contributed by atoms with Gasteiger partial charge in [-0.05, 0) is 19.3 Å². The van der Waals surface area contributed by atoms with Crippen molar-refractivity contribution in [3.05, 3.63) is 10.6 Å². The molecule has 0 spiro atoms. The number of thiazole rings is 1. The number of nitrogens with two attached hydrogens (primary N) is 1. The zero-order chi connectivity index (χ0) is 13.3. The van der Waals surface area contributed by atoms with E-state index in [9.17, 15) is 13.2 Å². The topological polar surface area (TPSA) is 42.2 Å². The average molecular weight is 279 g/mol. The molecule has 0 unspecified atom stereocenters. The van der Waals surface area contributed by atoms with E-state index in [0.717, 1.165) is 23.4 Å². The Morgan fingerprint density at radius 1 is 1.44 bits per heavy atom. The van der Waals surface area contributed by atoms with Crippen molar-refractivity contribution in [3.63, 3.8) is 0 Å². The minimum Gasteiger partial charge on any atom is -0.336 e. The first-order chi connectivity index (χ1) is 8.44. The second kappa shape index (κ2) is 5.05. The lowest BCUT2D eigenvalue weighted by atomic mass is 10.3. The molecule has 7 heteroatoms. The molecule has 1 aromatic heterocycles. The van der Waals surface area contributed by atoms with Crippen molar-refractivity contribution >= 4 is 16.5 Å². The summed E-state index contributed by atoms with van der Waals surface area (Å²) in [6.45, 7) is 1.35. The number of rotatable bonds is 5. The lowest BCUT2D eigenvalue weighted by Crippen LogP contribution is -2.35. The van der Waals surface area contributed by atoms with E-state index < -0.39 is 12.7 Å². The first kappa shape index (κ1) is 13.6. The summed E-state index contributed by atoms with van der Waals surface area (Å²) < 4.78 is 37.7. The molecule has 3 nitrogen and oxygen atoms in total. The number of aromatic nitrogens is 1. The van der Waals surface area contributed by atoms with Gasteiger partial charge in [0.1, 0.15) is 6.54 Å². The number of hydrogen-bond acceptors (Lipinski definition) is 4. The van der Waals surface area contributed by atoms with Gasteiger partial charge in [0.15, 0.2) is 5.13 Å². The number of nitrogens with zero attached hydrogens (tertiary/aromatic N) is 2. The number of hydrogen-bond donors (Lipinski definition) is 1. The second-order valence-corrected chi connectivity index (χ2v) is 5.46. The molecule has 0 bridgehead atoms. The predicted octanol–water partition coefficient (Wildman–Crippen LogP) is 2.70. The zero-order valence-corrected chi connectivity index (χ0v) is 10.9. The molecule has 0 atom stereocenters. The molecule has 1 heterocycles. The number of aryl methyl sites for hydroxylation is 1. The number of alkyl halides is 3. The van der Waals surface area contributed by atoms with E-state index in [-0.39, 0.29) is 6.04 Å². The van der Waals surface area contributed by atoms with Crippen LogP contribution in [0.15, 0.2) is 0 Å². The predicted molar refractivity (Wildman–Crippen MR) is 65.8 cm³/mol. The lowest BCUT2D eigenvalue weighted by molar-refractivity contribution is -0.120. The van der Waals surface area contributed by atoms with Crippen LogP contribution < -0.4 is 10.6 Å². The molecule has 1 aliphatic carbocycles. The second-order valence-electron chi connectivity index (χ2n) is 4.40. The van der Waals surface area contributed by atoms with Gasteiger partial charge in [0, 0.05) is 17.5 Å². The van der Waals surface area contributed by atoms with E-state index >= 15 is 0 Å². The SMILES string of the molecule is CCc1nc(N(CC(F)(F)F)C2CC2)sc1CN. The van der Waals surface area contributed by atoms with Crippen molar-refractivity contribution in [1.82, 2.24) is 4.98 Å². The quantitative estimate of drug-likeness (QED) is 0.901. The molecule has 102 valence electrons.